The number of fused-ring (bicyclic) bond motifs is 1. The Kier molecular flexibility index (Phi) is 6.05. The number of ether oxygens (including phenoxy) is 1. The molecule has 0 saturated carbocycles. The van der Waals surface area contributed by atoms with Crippen molar-refractivity contribution in [1.29, 1.82) is 5.26 Å². The summed E-state index contributed by atoms with van der Waals surface area (Å²) < 4.78 is 6.37. The molecule has 158 valence electrons. The van der Waals surface area contributed by atoms with Gasteiger partial charge in [-0.1, -0.05) is 48.5 Å². The van der Waals surface area contributed by atoms with Crippen LogP contribution in [-0.4, -0.2) is 28.3 Å². The van der Waals surface area contributed by atoms with Crippen LogP contribution in [0.15, 0.2) is 70.8 Å². The van der Waals surface area contributed by atoms with Crippen molar-refractivity contribution in [1.82, 2.24) is 9.78 Å². The first kappa shape index (κ1) is 21.0. The highest BCUT2D eigenvalue weighted by Crippen LogP contribution is 2.22. The molecule has 32 heavy (non-hydrogen) atoms. The number of amides is 1. The highest BCUT2D eigenvalue weighted by Gasteiger charge is 2.19. The normalized spacial score (nSPS) is 10.5. The standard InChI is InChI=1S/C23H16N4O4S/c24-12-16-10-11-32-21(16)25-19(28)14-31-23(30)20-17-8-4-5-9-18(17)22(29)27(26-20)13-15-6-2-1-3-7-15/h1-11H,13-14H2,(H,25,28). The lowest BCUT2D eigenvalue weighted by Gasteiger charge is -2.11. The van der Waals surface area contributed by atoms with Crippen molar-refractivity contribution >= 4 is 39.0 Å². The first-order chi connectivity index (χ1) is 15.6. The Morgan fingerprint density at radius 1 is 1.06 bits per heavy atom. The van der Waals surface area contributed by atoms with E-state index in [1.54, 1.807) is 35.7 Å². The molecule has 0 radical (unpaired) electrons. The zero-order valence-electron chi connectivity index (χ0n) is 16.6. The summed E-state index contributed by atoms with van der Waals surface area (Å²) in [6.45, 7) is -0.379. The minimum atomic E-state index is -0.829. The molecule has 0 spiro atoms. The maximum Gasteiger partial charge on any atom is 0.359 e. The van der Waals surface area contributed by atoms with E-state index < -0.39 is 18.5 Å². The zero-order valence-corrected chi connectivity index (χ0v) is 17.5. The third-order valence-corrected chi connectivity index (χ3v) is 5.44. The zero-order chi connectivity index (χ0) is 22.5. The smallest absolute Gasteiger partial charge is 0.359 e. The summed E-state index contributed by atoms with van der Waals surface area (Å²) in [7, 11) is 0. The van der Waals surface area contributed by atoms with Gasteiger partial charge in [-0.3, -0.25) is 9.59 Å². The predicted octanol–water partition coefficient (Wildman–Crippen LogP) is 3.17. The highest BCUT2D eigenvalue weighted by atomic mass is 32.1. The summed E-state index contributed by atoms with van der Waals surface area (Å²) >= 11 is 1.19. The van der Waals surface area contributed by atoms with E-state index in [9.17, 15) is 14.4 Å². The number of hydrogen-bond acceptors (Lipinski definition) is 7. The van der Waals surface area contributed by atoms with E-state index in [0.29, 0.717) is 21.3 Å². The van der Waals surface area contributed by atoms with Crippen LogP contribution in [0, 0.1) is 11.3 Å². The van der Waals surface area contributed by atoms with E-state index in [4.69, 9.17) is 10.00 Å². The van der Waals surface area contributed by atoms with Gasteiger partial charge in [0.25, 0.3) is 11.5 Å². The maximum atomic E-state index is 12.9. The van der Waals surface area contributed by atoms with Crippen molar-refractivity contribution in [3.05, 3.63) is 93.2 Å². The van der Waals surface area contributed by atoms with E-state index in [1.807, 2.05) is 36.4 Å². The Morgan fingerprint density at radius 2 is 1.78 bits per heavy atom. The van der Waals surface area contributed by atoms with Crippen molar-refractivity contribution in [2.45, 2.75) is 6.54 Å². The lowest BCUT2D eigenvalue weighted by molar-refractivity contribution is -0.119. The van der Waals surface area contributed by atoms with E-state index in [2.05, 4.69) is 10.4 Å². The molecule has 0 saturated heterocycles. The van der Waals surface area contributed by atoms with E-state index in [0.717, 1.165) is 5.56 Å². The molecule has 9 heteroatoms. The molecule has 1 N–H and O–H groups in total. The van der Waals surface area contributed by atoms with Crippen LogP contribution in [0.2, 0.25) is 0 Å². The monoisotopic (exact) mass is 444 g/mol. The van der Waals surface area contributed by atoms with Gasteiger partial charge in [0, 0.05) is 5.39 Å². The molecule has 8 nitrogen and oxygen atoms in total. The van der Waals surface area contributed by atoms with Crippen LogP contribution in [0.4, 0.5) is 5.00 Å². The van der Waals surface area contributed by atoms with Crippen molar-refractivity contribution in [3.8, 4) is 6.07 Å². The van der Waals surface area contributed by atoms with Gasteiger partial charge in [0.2, 0.25) is 0 Å². The van der Waals surface area contributed by atoms with Gasteiger partial charge in [0.1, 0.15) is 11.1 Å². The fourth-order valence-electron chi connectivity index (χ4n) is 3.11. The maximum absolute atomic E-state index is 12.9. The number of rotatable bonds is 6. The Labute approximate surface area is 186 Å². The molecule has 1 amide bonds. The number of anilines is 1. The third kappa shape index (κ3) is 4.40. The van der Waals surface area contributed by atoms with Gasteiger partial charge in [-0.25, -0.2) is 9.48 Å². The molecule has 0 aliphatic heterocycles. The lowest BCUT2D eigenvalue weighted by atomic mass is 10.1. The highest BCUT2D eigenvalue weighted by molar-refractivity contribution is 7.14. The minimum absolute atomic E-state index is 0.0576. The van der Waals surface area contributed by atoms with Crippen molar-refractivity contribution in [3.63, 3.8) is 0 Å². The second-order valence-corrected chi connectivity index (χ2v) is 7.66. The lowest BCUT2D eigenvalue weighted by Crippen LogP contribution is -2.28. The van der Waals surface area contributed by atoms with Crippen LogP contribution in [0.3, 0.4) is 0 Å². The van der Waals surface area contributed by atoms with Gasteiger partial charge < -0.3 is 10.1 Å². The average Bonchev–Trinajstić information content (AvgIpc) is 3.27. The van der Waals surface area contributed by atoms with Crippen LogP contribution in [0.25, 0.3) is 10.8 Å². The Bertz CT molecular complexity index is 1400. The average molecular weight is 444 g/mol. The Hall–Kier alpha value is -4.29. The molecule has 0 aliphatic rings. The van der Waals surface area contributed by atoms with Crippen molar-refractivity contribution in [2.24, 2.45) is 0 Å². The molecule has 2 aromatic carbocycles. The molecule has 4 aromatic rings. The van der Waals surface area contributed by atoms with Gasteiger partial charge in [0.05, 0.1) is 17.5 Å². The Morgan fingerprint density at radius 3 is 2.53 bits per heavy atom. The first-order valence-electron chi connectivity index (χ1n) is 9.55. The summed E-state index contributed by atoms with van der Waals surface area (Å²) in [6, 6.07) is 19.4. The largest absolute Gasteiger partial charge is 0.451 e. The number of thiophene rings is 1. The topological polar surface area (TPSA) is 114 Å². The SMILES string of the molecule is N#Cc1ccsc1NC(=O)COC(=O)c1nn(Cc2ccccc2)c(=O)c2ccccc12. The molecular formula is C23H16N4O4S. The first-order valence-corrected chi connectivity index (χ1v) is 10.4. The minimum Gasteiger partial charge on any atom is -0.451 e. The molecule has 0 aliphatic carbocycles. The molecule has 0 unspecified atom stereocenters. The van der Waals surface area contributed by atoms with Crippen LogP contribution in [-0.2, 0) is 16.1 Å². The van der Waals surface area contributed by atoms with Crippen molar-refractivity contribution < 1.29 is 14.3 Å². The summed E-state index contributed by atoms with van der Waals surface area (Å²) in [5, 5.41) is 18.5. The number of aromatic nitrogens is 2. The number of benzene rings is 2. The molecule has 0 bridgehead atoms. The fourth-order valence-corrected chi connectivity index (χ4v) is 3.86. The van der Waals surface area contributed by atoms with E-state index in [-0.39, 0.29) is 17.8 Å². The van der Waals surface area contributed by atoms with Gasteiger partial charge in [-0.05, 0) is 23.1 Å². The Balaban J connectivity index is 1.58. The number of carbonyl (C=O) groups excluding carboxylic acids is 2. The number of nitrogens with zero attached hydrogens (tertiary/aromatic N) is 3. The summed E-state index contributed by atoms with van der Waals surface area (Å²) in [4.78, 5) is 37.8. The molecule has 2 heterocycles. The number of nitrogens with one attached hydrogen (secondary N) is 1. The predicted molar refractivity (Wildman–Crippen MR) is 119 cm³/mol. The number of hydrogen-bond donors (Lipinski definition) is 1. The summed E-state index contributed by atoms with van der Waals surface area (Å²) in [6.07, 6.45) is 0. The molecule has 0 atom stereocenters. The van der Waals surface area contributed by atoms with Crippen LogP contribution >= 0.6 is 11.3 Å². The molecule has 2 aromatic heterocycles. The molecular weight excluding hydrogens is 428 g/mol. The number of carbonyl (C=O) groups is 2. The third-order valence-electron chi connectivity index (χ3n) is 4.61. The van der Waals surface area contributed by atoms with Crippen molar-refractivity contribution in [2.75, 3.05) is 11.9 Å². The number of nitriles is 1. The summed E-state index contributed by atoms with van der Waals surface area (Å²) in [5.41, 5.74) is 0.786. The van der Waals surface area contributed by atoms with Gasteiger partial charge in [-0.2, -0.15) is 10.4 Å². The van der Waals surface area contributed by atoms with Gasteiger partial charge in [0.15, 0.2) is 12.3 Å². The summed E-state index contributed by atoms with van der Waals surface area (Å²) in [5.74, 6) is -1.41. The second kappa shape index (κ2) is 9.24. The number of esters is 1. The molecule has 0 fully saturated rings. The van der Waals surface area contributed by atoms with Crippen LogP contribution in [0.1, 0.15) is 21.6 Å². The fraction of sp³-hybridized carbons (Fsp3) is 0.0870. The quantitative estimate of drug-likeness (QED) is 0.457. The van der Waals surface area contributed by atoms with Crippen LogP contribution < -0.4 is 10.9 Å². The van der Waals surface area contributed by atoms with E-state index in [1.165, 1.54) is 16.0 Å². The molecule has 4 rings (SSSR count). The van der Waals surface area contributed by atoms with Crippen LogP contribution in [0.5, 0.6) is 0 Å². The van der Waals surface area contributed by atoms with E-state index >= 15 is 0 Å². The second-order valence-electron chi connectivity index (χ2n) is 6.74. The van der Waals surface area contributed by atoms with Gasteiger partial charge >= 0.3 is 5.97 Å². The van der Waals surface area contributed by atoms with Gasteiger partial charge in [-0.15, -0.1) is 11.3 Å².